The van der Waals surface area contributed by atoms with E-state index in [1.807, 2.05) is 6.92 Å². The molecule has 0 radical (unpaired) electrons. The molecule has 0 aromatic carbocycles. The maximum atomic E-state index is 9.38. The molecule has 0 unspecified atom stereocenters. The minimum Gasteiger partial charge on any atom is -0.394 e. The van der Waals surface area contributed by atoms with Crippen LogP contribution in [0.25, 0.3) is 0 Å². The molecule has 3 N–H and O–H groups in total. The molecule has 12 heavy (non-hydrogen) atoms. The van der Waals surface area contributed by atoms with Gasteiger partial charge in [-0.05, 0) is 5.75 Å². The first-order chi connectivity index (χ1) is 5.70. The Bertz CT molecular complexity index is 143. The van der Waals surface area contributed by atoms with Gasteiger partial charge in [-0.2, -0.15) is 0 Å². The second-order valence-corrected chi connectivity index (χ2v) is 4.04. The van der Waals surface area contributed by atoms with Gasteiger partial charge in [-0.15, -0.1) is 11.8 Å². The summed E-state index contributed by atoms with van der Waals surface area (Å²) >= 11 is 1.43. The number of rotatable bonds is 3. The average Bonchev–Trinajstić information content (AvgIpc) is 2.33. The largest absolute Gasteiger partial charge is 0.394 e. The van der Waals surface area contributed by atoms with Crippen molar-refractivity contribution in [2.45, 2.75) is 30.7 Å². The molecule has 4 atom stereocenters. The van der Waals surface area contributed by atoms with Crippen LogP contribution in [0.15, 0.2) is 0 Å². The van der Waals surface area contributed by atoms with Crippen LogP contribution in [0.2, 0.25) is 0 Å². The van der Waals surface area contributed by atoms with Gasteiger partial charge in [0.25, 0.3) is 0 Å². The highest BCUT2D eigenvalue weighted by atomic mass is 32.2. The first-order valence-corrected chi connectivity index (χ1v) is 4.99. The Hall–Kier alpha value is 0.190. The molecular weight excluding hydrogens is 180 g/mol. The maximum absolute atomic E-state index is 9.38. The summed E-state index contributed by atoms with van der Waals surface area (Å²) < 4.78 is 5.19. The molecule has 1 heterocycles. The normalized spacial score (nSPS) is 42.0. The quantitative estimate of drug-likeness (QED) is 0.547. The number of hydrogen-bond acceptors (Lipinski definition) is 5. The van der Waals surface area contributed by atoms with Crippen LogP contribution in [0, 0.1) is 0 Å². The van der Waals surface area contributed by atoms with Gasteiger partial charge in [0.2, 0.25) is 0 Å². The van der Waals surface area contributed by atoms with E-state index < -0.39 is 23.7 Å². The highest BCUT2D eigenvalue weighted by Crippen LogP contribution is 2.28. The van der Waals surface area contributed by atoms with Gasteiger partial charge in [-0.3, -0.25) is 0 Å². The zero-order valence-electron chi connectivity index (χ0n) is 6.88. The smallest absolute Gasteiger partial charge is 0.132 e. The SMILES string of the molecule is CCS[C@@H]1O[C@H](CO)[C@H](O)[C@H]1O. The summed E-state index contributed by atoms with van der Waals surface area (Å²) in [6.45, 7) is 1.69. The van der Waals surface area contributed by atoms with Crippen molar-refractivity contribution in [1.29, 1.82) is 0 Å². The fraction of sp³-hybridized carbons (Fsp3) is 1.00. The van der Waals surface area contributed by atoms with E-state index in [4.69, 9.17) is 9.84 Å². The third-order valence-electron chi connectivity index (χ3n) is 1.83. The van der Waals surface area contributed by atoms with Crippen LogP contribution in [-0.4, -0.2) is 51.4 Å². The van der Waals surface area contributed by atoms with E-state index >= 15 is 0 Å². The Kier molecular flexibility index (Phi) is 3.79. The highest BCUT2D eigenvalue weighted by Gasteiger charge is 2.41. The molecule has 5 heteroatoms. The molecule has 0 amide bonds. The lowest BCUT2D eigenvalue weighted by atomic mass is 10.2. The minimum absolute atomic E-state index is 0.251. The molecule has 1 saturated heterocycles. The molecule has 1 aliphatic heterocycles. The molecule has 0 aliphatic carbocycles. The fourth-order valence-corrected chi connectivity index (χ4v) is 2.08. The maximum Gasteiger partial charge on any atom is 0.132 e. The number of ether oxygens (including phenoxy) is 1. The first-order valence-electron chi connectivity index (χ1n) is 3.94. The van der Waals surface area contributed by atoms with E-state index in [1.54, 1.807) is 0 Å². The summed E-state index contributed by atoms with van der Waals surface area (Å²) in [4.78, 5) is 0. The van der Waals surface area contributed by atoms with Crippen molar-refractivity contribution >= 4 is 11.8 Å². The summed E-state index contributed by atoms with van der Waals surface area (Å²) in [6, 6.07) is 0. The van der Waals surface area contributed by atoms with E-state index in [1.165, 1.54) is 11.8 Å². The lowest BCUT2D eigenvalue weighted by molar-refractivity contribution is -0.00807. The molecule has 0 spiro atoms. The Morgan fingerprint density at radius 1 is 1.33 bits per heavy atom. The Balaban J connectivity index is 2.48. The van der Waals surface area contributed by atoms with Gasteiger partial charge in [-0.25, -0.2) is 0 Å². The summed E-state index contributed by atoms with van der Waals surface area (Å²) in [5, 5.41) is 27.4. The van der Waals surface area contributed by atoms with Crippen molar-refractivity contribution in [3.05, 3.63) is 0 Å². The van der Waals surface area contributed by atoms with Crippen molar-refractivity contribution in [2.75, 3.05) is 12.4 Å². The van der Waals surface area contributed by atoms with Gasteiger partial charge in [0.1, 0.15) is 23.7 Å². The van der Waals surface area contributed by atoms with Crippen LogP contribution < -0.4 is 0 Å². The van der Waals surface area contributed by atoms with Gasteiger partial charge in [0, 0.05) is 0 Å². The van der Waals surface area contributed by atoms with Crippen LogP contribution in [0.1, 0.15) is 6.92 Å². The van der Waals surface area contributed by atoms with Crippen LogP contribution in [0.4, 0.5) is 0 Å². The number of hydrogen-bond donors (Lipinski definition) is 3. The third-order valence-corrected chi connectivity index (χ3v) is 2.88. The highest BCUT2D eigenvalue weighted by molar-refractivity contribution is 7.99. The number of aliphatic hydroxyl groups is 3. The van der Waals surface area contributed by atoms with E-state index in [-0.39, 0.29) is 6.61 Å². The van der Waals surface area contributed by atoms with Crippen molar-refractivity contribution in [3.63, 3.8) is 0 Å². The Labute approximate surface area is 75.5 Å². The second-order valence-electron chi connectivity index (χ2n) is 2.66. The summed E-state index contributed by atoms with van der Waals surface area (Å²) in [6.07, 6.45) is -2.48. The topological polar surface area (TPSA) is 69.9 Å². The molecule has 0 aromatic heterocycles. The van der Waals surface area contributed by atoms with E-state index in [0.29, 0.717) is 0 Å². The molecule has 72 valence electrons. The summed E-state index contributed by atoms with van der Waals surface area (Å²) in [5.41, 5.74) is -0.401. The molecule has 0 aromatic rings. The molecule has 1 rings (SSSR count). The van der Waals surface area contributed by atoms with Gasteiger partial charge in [-0.1, -0.05) is 6.92 Å². The number of thioether (sulfide) groups is 1. The van der Waals surface area contributed by atoms with Crippen molar-refractivity contribution in [3.8, 4) is 0 Å². The Morgan fingerprint density at radius 2 is 2.00 bits per heavy atom. The zero-order valence-corrected chi connectivity index (χ0v) is 7.70. The minimum atomic E-state index is -0.959. The van der Waals surface area contributed by atoms with Crippen molar-refractivity contribution in [2.24, 2.45) is 0 Å². The first kappa shape index (κ1) is 10.3. The molecule has 4 nitrogen and oxygen atoms in total. The monoisotopic (exact) mass is 194 g/mol. The molecule has 1 fully saturated rings. The van der Waals surface area contributed by atoms with Gasteiger partial charge >= 0.3 is 0 Å². The van der Waals surface area contributed by atoms with E-state index in [2.05, 4.69) is 0 Å². The van der Waals surface area contributed by atoms with Crippen LogP contribution in [-0.2, 0) is 4.74 Å². The average molecular weight is 194 g/mol. The zero-order chi connectivity index (χ0) is 9.14. The second kappa shape index (κ2) is 4.43. The van der Waals surface area contributed by atoms with E-state index in [0.717, 1.165) is 5.75 Å². The summed E-state index contributed by atoms with van der Waals surface area (Å²) in [7, 11) is 0. The predicted molar refractivity (Wildman–Crippen MR) is 45.9 cm³/mol. The standard InChI is InChI=1S/C7H14O4S/c1-2-12-7-6(10)5(9)4(3-8)11-7/h4-10H,2-3H2,1H3/t4-,5+,6-,7+/m1/s1. The van der Waals surface area contributed by atoms with Crippen molar-refractivity contribution in [1.82, 2.24) is 0 Å². The van der Waals surface area contributed by atoms with Gasteiger partial charge < -0.3 is 20.1 Å². The van der Waals surface area contributed by atoms with E-state index in [9.17, 15) is 10.2 Å². The predicted octanol–water partition coefficient (Wildman–Crippen LogP) is -0.822. The molecule has 1 aliphatic rings. The molecule has 0 saturated carbocycles. The third kappa shape index (κ3) is 1.92. The van der Waals surface area contributed by atoms with Crippen LogP contribution in [0.3, 0.4) is 0 Å². The van der Waals surface area contributed by atoms with Crippen molar-refractivity contribution < 1.29 is 20.1 Å². The number of aliphatic hydroxyl groups excluding tert-OH is 3. The molecular formula is C7H14O4S. The summed E-state index contributed by atoms with van der Waals surface area (Å²) in [5.74, 6) is 0.812. The van der Waals surface area contributed by atoms with Crippen LogP contribution in [0.5, 0.6) is 0 Å². The fourth-order valence-electron chi connectivity index (χ4n) is 1.17. The van der Waals surface area contributed by atoms with Gasteiger partial charge in [0.05, 0.1) is 6.61 Å². The lowest BCUT2D eigenvalue weighted by Gasteiger charge is -2.12. The molecule has 0 bridgehead atoms. The van der Waals surface area contributed by atoms with Crippen LogP contribution >= 0.6 is 11.8 Å². The Morgan fingerprint density at radius 3 is 2.42 bits per heavy atom. The lowest BCUT2D eigenvalue weighted by Crippen LogP contribution is -2.33. The van der Waals surface area contributed by atoms with Gasteiger partial charge in [0.15, 0.2) is 0 Å².